The molecule has 0 spiro atoms. The summed E-state index contributed by atoms with van der Waals surface area (Å²) in [6.07, 6.45) is 7.45. The second kappa shape index (κ2) is 15.0. The highest BCUT2D eigenvalue weighted by Gasteiger charge is 2.52. The lowest BCUT2D eigenvalue weighted by Crippen LogP contribution is -2.37. The average molecular weight is 619 g/mol. The highest BCUT2D eigenvalue weighted by Crippen LogP contribution is 2.49. The fourth-order valence-corrected chi connectivity index (χ4v) is 7.36. The van der Waals surface area contributed by atoms with Gasteiger partial charge in [-0.05, 0) is 74.6 Å². The minimum Gasteiger partial charge on any atom is -0.455 e. The first-order valence-corrected chi connectivity index (χ1v) is 16.1. The van der Waals surface area contributed by atoms with Crippen molar-refractivity contribution in [1.82, 2.24) is 15.2 Å². The zero-order chi connectivity index (χ0) is 30.9. The monoisotopic (exact) mass is 618 g/mol. The van der Waals surface area contributed by atoms with Crippen LogP contribution in [0.3, 0.4) is 0 Å². The zero-order valence-corrected chi connectivity index (χ0v) is 26.5. The molecule has 1 saturated heterocycles. The molecule has 3 aliphatic rings. The number of pyridine rings is 1. The van der Waals surface area contributed by atoms with Gasteiger partial charge in [0.1, 0.15) is 11.5 Å². The lowest BCUT2D eigenvalue weighted by Gasteiger charge is -2.25. The van der Waals surface area contributed by atoms with Gasteiger partial charge in [-0.25, -0.2) is 0 Å². The molecule has 43 heavy (non-hydrogen) atoms. The quantitative estimate of drug-likeness (QED) is 0.211. The number of hydrogen-bond acceptors (Lipinski definition) is 7. The number of nitrogens with one attached hydrogen (secondary N) is 1. The van der Waals surface area contributed by atoms with E-state index in [1.54, 1.807) is 29.3 Å². The zero-order valence-electron chi connectivity index (χ0n) is 24.9. The number of ether oxygens (including phenoxy) is 1. The van der Waals surface area contributed by atoms with Crippen LogP contribution in [-0.4, -0.2) is 40.7 Å². The molecule has 8 nitrogen and oxygen atoms in total. The highest BCUT2D eigenvalue weighted by atomic mass is 32.2. The first kappa shape index (κ1) is 32.0. The van der Waals surface area contributed by atoms with Crippen molar-refractivity contribution in [2.24, 2.45) is 11.7 Å². The fourth-order valence-electron chi connectivity index (χ4n) is 5.39. The predicted octanol–water partition coefficient (Wildman–Crippen LogP) is 6.73. The molecule has 2 aromatic carbocycles. The third kappa shape index (κ3) is 7.74. The van der Waals surface area contributed by atoms with Crippen LogP contribution in [0.4, 0.5) is 0 Å². The number of aromatic nitrogens is 1. The van der Waals surface area contributed by atoms with E-state index in [0.29, 0.717) is 18.5 Å². The average Bonchev–Trinajstić information content (AvgIpc) is 3.46. The van der Waals surface area contributed by atoms with Gasteiger partial charge in [-0.3, -0.25) is 19.4 Å². The van der Waals surface area contributed by atoms with Crippen molar-refractivity contribution < 1.29 is 19.1 Å². The van der Waals surface area contributed by atoms with E-state index < -0.39 is 0 Å². The molecule has 4 atom stereocenters. The first-order valence-electron chi connectivity index (χ1n) is 14.5. The summed E-state index contributed by atoms with van der Waals surface area (Å²) in [6, 6.07) is 19.3. The summed E-state index contributed by atoms with van der Waals surface area (Å²) >= 11 is 3.41. The molecule has 2 fully saturated rings. The summed E-state index contributed by atoms with van der Waals surface area (Å²) < 4.78 is 7.23. The maximum Gasteiger partial charge on any atom is 0.227 e. The Bertz CT molecular complexity index is 1520. The number of amides is 3. The molecule has 2 aromatic heterocycles. The van der Waals surface area contributed by atoms with E-state index in [1.807, 2.05) is 57.3 Å². The van der Waals surface area contributed by atoms with E-state index >= 15 is 0 Å². The molecule has 1 aliphatic carbocycles. The van der Waals surface area contributed by atoms with Crippen LogP contribution in [0.2, 0.25) is 0 Å². The van der Waals surface area contributed by atoms with E-state index in [9.17, 15) is 9.59 Å². The number of nitrogens with two attached hydrogens (primary N) is 1. The second-order valence-electron chi connectivity index (χ2n) is 10.3. The second-order valence-corrected chi connectivity index (χ2v) is 12.5. The van der Waals surface area contributed by atoms with Crippen molar-refractivity contribution in [2.45, 2.75) is 74.9 Å². The van der Waals surface area contributed by atoms with E-state index in [1.165, 1.54) is 17.5 Å². The van der Waals surface area contributed by atoms with Crippen LogP contribution >= 0.6 is 23.1 Å². The van der Waals surface area contributed by atoms with Crippen LogP contribution in [0.1, 0.15) is 57.0 Å². The fraction of sp³-hybridized carbons (Fsp3) is 0.333. The molecule has 1 saturated carbocycles. The van der Waals surface area contributed by atoms with Crippen LogP contribution in [0.25, 0.3) is 10.1 Å². The Morgan fingerprint density at radius 3 is 2.56 bits per heavy atom. The molecule has 3 unspecified atom stereocenters. The topological polar surface area (TPSA) is 115 Å². The number of nitrogens with zero attached hydrogens (tertiary/aromatic N) is 2. The van der Waals surface area contributed by atoms with E-state index in [2.05, 4.69) is 52.1 Å². The summed E-state index contributed by atoms with van der Waals surface area (Å²) in [6.45, 7) is 8.14. The van der Waals surface area contributed by atoms with Gasteiger partial charge in [-0.2, -0.15) is 0 Å². The third-order valence-electron chi connectivity index (χ3n) is 7.38. The number of likely N-dealkylation sites (tertiary alicyclic amines) is 1. The van der Waals surface area contributed by atoms with Gasteiger partial charge in [0.2, 0.25) is 18.7 Å². The molecule has 10 heteroatoms. The number of carbonyl (C=O) groups excluding carboxylic acids is 3. The Balaban J connectivity index is 0.000000190. The molecule has 226 valence electrons. The van der Waals surface area contributed by atoms with Gasteiger partial charge in [-0.1, -0.05) is 43.8 Å². The molecule has 4 heterocycles. The largest absolute Gasteiger partial charge is 0.455 e. The molecule has 7 rings (SSSR count). The van der Waals surface area contributed by atoms with Crippen LogP contribution < -0.4 is 15.8 Å². The van der Waals surface area contributed by atoms with Crippen molar-refractivity contribution in [2.75, 3.05) is 0 Å². The van der Waals surface area contributed by atoms with Gasteiger partial charge in [0.15, 0.2) is 0 Å². The molecule has 3 N–H and O–H groups in total. The van der Waals surface area contributed by atoms with Crippen LogP contribution in [0.5, 0.6) is 11.5 Å². The number of carbonyl (C=O) groups is 3. The highest BCUT2D eigenvalue weighted by molar-refractivity contribution is 7.99. The smallest absolute Gasteiger partial charge is 0.227 e. The Morgan fingerprint density at radius 2 is 1.86 bits per heavy atom. The number of rotatable bonds is 5. The molecule has 0 bridgehead atoms. The van der Waals surface area contributed by atoms with Crippen LogP contribution in [0, 0.1) is 5.92 Å². The Labute approximate surface area is 261 Å². The lowest BCUT2D eigenvalue weighted by molar-refractivity contribution is -0.132. The first-order chi connectivity index (χ1) is 20.9. The van der Waals surface area contributed by atoms with Gasteiger partial charge < -0.3 is 20.7 Å². The van der Waals surface area contributed by atoms with Crippen molar-refractivity contribution in [1.29, 1.82) is 0 Å². The normalized spacial score (nSPS) is 19.2. The summed E-state index contributed by atoms with van der Waals surface area (Å²) in [5.74, 6) is 2.79. The SMILES string of the molecule is CC.CC1CC2CC2N1C(=O)Cc1ccc2c(c1)Oc1ccccc1S2.C[C@@H](NC=O)c1cc2cnccc2s1.NC=O. The van der Waals surface area contributed by atoms with Gasteiger partial charge >= 0.3 is 0 Å². The predicted molar refractivity (Wildman–Crippen MR) is 172 cm³/mol. The van der Waals surface area contributed by atoms with Gasteiger partial charge in [0.25, 0.3) is 0 Å². The molecular weight excluding hydrogens is 581 g/mol. The van der Waals surface area contributed by atoms with Gasteiger partial charge in [0.05, 0.1) is 22.3 Å². The minimum absolute atomic E-state index is 0.0740. The van der Waals surface area contributed by atoms with E-state index in [4.69, 9.17) is 9.53 Å². The molecule has 2 aliphatic heterocycles. The van der Waals surface area contributed by atoms with Crippen molar-refractivity contribution >= 4 is 51.9 Å². The van der Waals surface area contributed by atoms with Crippen LogP contribution in [0.15, 0.2) is 76.8 Å². The summed E-state index contributed by atoms with van der Waals surface area (Å²) in [4.78, 5) is 41.1. The third-order valence-corrected chi connectivity index (χ3v) is 9.80. The summed E-state index contributed by atoms with van der Waals surface area (Å²) in [5.41, 5.74) is 5.20. The number of para-hydroxylation sites is 1. The Hall–Kier alpha value is -3.89. The maximum atomic E-state index is 12.7. The molecule has 3 amide bonds. The number of primary amides is 1. The van der Waals surface area contributed by atoms with E-state index in [0.717, 1.165) is 49.4 Å². The molecular formula is C33H38N4O4S2. The number of thiophene rings is 1. The number of benzene rings is 2. The van der Waals surface area contributed by atoms with E-state index in [-0.39, 0.29) is 18.4 Å². The van der Waals surface area contributed by atoms with Gasteiger partial charge in [-0.15, -0.1) is 11.3 Å². The van der Waals surface area contributed by atoms with Crippen molar-refractivity contribution in [3.63, 3.8) is 0 Å². The maximum absolute atomic E-state index is 12.7. The lowest BCUT2D eigenvalue weighted by atomic mass is 10.1. The molecule has 0 radical (unpaired) electrons. The van der Waals surface area contributed by atoms with Crippen molar-refractivity contribution in [3.05, 3.63) is 77.4 Å². The molecule has 4 aromatic rings. The van der Waals surface area contributed by atoms with Gasteiger partial charge in [0, 0.05) is 39.4 Å². The minimum atomic E-state index is 0.0740. The van der Waals surface area contributed by atoms with Crippen molar-refractivity contribution in [3.8, 4) is 11.5 Å². The number of fused-ring (bicyclic) bond motifs is 4. The standard InChI is InChI=1S/C20H19NO2S.C10H10N2OS.C2H6.CH3NO/c1-12-8-14-11-15(14)21(12)20(22)10-13-6-7-19-17(9-13)23-16-4-2-3-5-18(16)24-19;1-7(12-6-13)10-4-8-5-11-3-2-9(8)14-10;1-2;2-1-3/h2-7,9,12,14-15H,8,10-11H2,1H3;2-7H,1H3,(H,12,13);1-2H3;1H,(H2,2,3)/t;7-;;/m.1../s1. The number of hydrogen-bond donors (Lipinski definition) is 2. The Morgan fingerprint density at radius 1 is 1.12 bits per heavy atom. The summed E-state index contributed by atoms with van der Waals surface area (Å²) in [5, 5.41) is 3.86. The Kier molecular flexibility index (Phi) is 11.2. The summed E-state index contributed by atoms with van der Waals surface area (Å²) in [7, 11) is 0. The number of piperidine rings is 1. The van der Waals surface area contributed by atoms with Crippen LogP contribution in [-0.2, 0) is 20.8 Å².